The molecule has 6 nitrogen and oxygen atoms in total. The predicted molar refractivity (Wildman–Crippen MR) is 114 cm³/mol. The molecule has 0 aliphatic heterocycles. The van der Waals surface area contributed by atoms with Gasteiger partial charge in [-0.2, -0.15) is 14.8 Å². The molecule has 3 aromatic carbocycles. The van der Waals surface area contributed by atoms with Crippen molar-refractivity contribution in [1.82, 2.24) is 19.9 Å². The SMILES string of the molecule is O=c1c2ccccc2c(-c2nc(-c3ccccc3)no2)nn1-c1cccc(Br)c1. The maximum atomic E-state index is 13.1. The Labute approximate surface area is 173 Å². The Bertz CT molecular complexity index is 1390. The van der Waals surface area contributed by atoms with Gasteiger partial charge < -0.3 is 4.52 Å². The van der Waals surface area contributed by atoms with Gasteiger partial charge in [-0.25, -0.2) is 0 Å². The number of benzene rings is 3. The van der Waals surface area contributed by atoms with E-state index < -0.39 is 0 Å². The Kier molecular flexibility index (Phi) is 4.29. The second kappa shape index (κ2) is 7.10. The highest BCUT2D eigenvalue weighted by Crippen LogP contribution is 2.26. The van der Waals surface area contributed by atoms with Crippen LogP contribution < -0.4 is 5.56 Å². The van der Waals surface area contributed by atoms with Gasteiger partial charge in [-0.15, -0.1) is 0 Å². The van der Waals surface area contributed by atoms with E-state index in [1.807, 2.05) is 72.8 Å². The number of hydrogen-bond donors (Lipinski definition) is 0. The van der Waals surface area contributed by atoms with Gasteiger partial charge in [0.15, 0.2) is 5.69 Å². The van der Waals surface area contributed by atoms with Gasteiger partial charge in [-0.3, -0.25) is 4.79 Å². The molecule has 0 atom stereocenters. The van der Waals surface area contributed by atoms with Crippen LogP contribution in [0.5, 0.6) is 0 Å². The molecule has 0 radical (unpaired) electrons. The van der Waals surface area contributed by atoms with E-state index in [0.29, 0.717) is 28.0 Å². The van der Waals surface area contributed by atoms with E-state index in [-0.39, 0.29) is 11.4 Å². The summed E-state index contributed by atoms with van der Waals surface area (Å²) in [5, 5.41) is 9.85. The number of nitrogens with zero attached hydrogens (tertiary/aromatic N) is 4. The van der Waals surface area contributed by atoms with E-state index in [1.54, 1.807) is 6.07 Å². The molecule has 5 rings (SSSR count). The van der Waals surface area contributed by atoms with Gasteiger partial charge in [0.25, 0.3) is 11.4 Å². The summed E-state index contributed by atoms with van der Waals surface area (Å²) < 4.78 is 7.73. The van der Waals surface area contributed by atoms with Crippen molar-refractivity contribution in [2.24, 2.45) is 0 Å². The summed E-state index contributed by atoms with van der Waals surface area (Å²) in [5.41, 5.74) is 1.71. The summed E-state index contributed by atoms with van der Waals surface area (Å²) in [6, 6.07) is 24.2. The Morgan fingerprint density at radius 1 is 0.862 bits per heavy atom. The Morgan fingerprint density at radius 2 is 1.62 bits per heavy atom. The quantitative estimate of drug-likeness (QED) is 0.397. The highest BCUT2D eigenvalue weighted by atomic mass is 79.9. The lowest BCUT2D eigenvalue weighted by Gasteiger charge is -2.09. The normalized spacial score (nSPS) is 11.1. The number of hydrogen-bond acceptors (Lipinski definition) is 5. The summed E-state index contributed by atoms with van der Waals surface area (Å²) in [6.45, 7) is 0. The smallest absolute Gasteiger partial charge is 0.279 e. The molecule has 0 aliphatic rings. The van der Waals surface area contributed by atoms with Gasteiger partial charge in [0.2, 0.25) is 5.82 Å². The molecule has 7 heteroatoms. The topological polar surface area (TPSA) is 73.8 Å². The van der Waals surface area contributed by atoms with Crippen molar-refractivity contribution in [1.29, 1.82) is 0 Å². The minimum atomic E-state index is -0.217. The lowest BCUT2D eigenvalue weighted by molar-refractivity contribution is 0.430. The van der Waals surface area contributed by atoms with Crippen LogP contribution in [0.1, 0.15) is 0 Å². The maximum Gasteiger partial charge on any atom is 0.279 e. The Balaban J connectivity index is 1.75. The van der Waals surface area contributed by atoms with Gasteiger partial charge in [-0.05, 0) is 24.3 Å². The van der Waals surface area contributed by atoms with E-state index in [2.05, 4.69) is 31.2 Å². The second-order valence-electron chi connectivity index (χ2n) is 6.38. The zero-order chi connectivity index (χ0) is 19.8. The van der Waals surface area contributed by atoms with Gasteiger partial charge in [0.05, 0.1) is 11.1 Å². The molecular formula is C22H13BrN4O2. The Morgan fingerprint density at radius 3 is 2.41 bits per heavy atom. The van der Waals surface area contributed by atoms with Crippen LogP contribution in [-0.2, 0) is 0 Å². The fraction of sp³-hybridized carbons (Fsp3) is 0. The van der Waals surface area contributed by atoms with Gasteiger partial charge >= 0.3 is 0 Å². The van der Waals surface area contributed by atoms with E-state index in [0.717, 1.165) is 10.0 Å². The number of rotatable bonds is 3. The van der Waals surface area contributed by atoms with Crippen LogP contribution in [0.25, 0.3) is 39.4 Å². The molecule has 2 heterocycles. The second-order valence-corrected chi connectivity index (χ2v) is 7.30. The van der Waals surface area contributed by atoms with Crippen LogP contribution in [0.2, 0.25) is 0 Å². The van der Waals surface area contributed by atoms with Crippen LogP contribution in [0.3, 0.4) is 0 Å². The van der Waals surface area contributed by atoms with Crippen molar-refractivity contribution >= 4 is 26.7 Å². The summed E-state index contributed by atoms with van der Waals surface area (Å²) in [7, 11) is 0. The van der Waals surface area contributed by atoms with Crippen molar-refractivity contribution in [2.75, 3.05) is 0 Å². The molecule has 0 fully saturated rings. The van der Waals surface area contributed by atoms with Crippen molar-refractivity contribution in [3.8, 4) is 28.7 Å². The Hall–Kier alpha value is -3.58. The highest BCUT2D eigenvalue weighted by Gasteiger charge is 2.19. The standard InChI is InChI=1S/C22H13BrN4O2/c23-15-9-6-10-16(13-15)27-22(28)18-12-5-4-11-17(18)19(25-27)21-24-20(26-29-21)14-7-2-1-3-8-14/h1-13H. The van der Waals surface area contributed by atoms with Crippen LogP contribution in [0, 0.1) is 0 Å². The van der Waals surface area contributed by atoms with Gasteiger partial charge in [-0.1, -0.05) is 75.7 Å². The summed E-state index contributed by atoms with van der Waals surface area (Å²) >= 11 is 3.44. The predicted octanol–water partition coefficient (Wildman–Crippen LogP) is 4.87. The van der Waals surface area contributed by atoms with Crippen LogP contribution in [0.15, 0.2) is 92.7 Å². The first kappa shape index (κ1) is 17.5. The lowest BCUT2D eigenvalue weighted by atomic mass is 10.1. The summed E-state index contributed by atoms with van der Waals surface area (Å²) in [4.78, 5) is 17.6. The third-order valence-corrected chi connectivity index (χ3v) is 5.01. The van der Waals surface area contributed by atoms with Gasteiger partial charge in [0.1, 0.15) is 0 Å². The average molecular weight is 445 g/mol. The minimum absolute atomic E-state index is 0.217. The fourth-order valence-corrected chi connectivity index (χ4v) is 3.54. The van der Waals surface area contributed by atoms with Crippen LogP contribution in [0.4, 0.5) is 0 Å². The highest BCUT2D eigenvalue weighted by molar-refractivity contribution is 9.10. The molecule has 140 valence electrons. The van der Waals surface area contributed by atoms with Crippen LogP contribution in [-0.4, -0.2) is 19.9 Å². The van der Waals surface area contributed by atoms with Crippen molar-refractivity contribution in [3.05, 3.63) is 93.7 Å². The first-order valence-corrected chi connectivity index (χ1v) is 9.67. The molecular weight excluding hydrogens is 432 g/mol. The van der Waals surface area contributed by atoms with E-state index in [1.165, 1.54) is 4.68 Å². The molecule has 0 aliphatic carbocycles. The molecule has 0 bridgehead atoms. The number of aromatic nitrogens is 4. The molecule has 2 aromatic heterocycles. The molecule has 5 aromatic rings. The lowest BCUT2D eigenvalue weighted by Crippen LogP contribution is -2.22. The first-order valence-electron chi connectivity index (χ1n) is 8.88. The van der Waals surface area contributed by atoms with Crippen LogP contribution >= 0.6 is 15.9 Å². The summed E-state index contributed by atoms with van der Waals surface area (Å²) in [6.07, 6.45) is 0. The molecule has 29 heavy (non-hydrogen) atoms. The molecule has 0 spiro atoms. The van der Waals surface area contributed by atoms with Gasteiger partial charge in [0, 0.05) is 15.4 Å². The van der Waals surface area contributed by atoms with Crippen molar-refractivity contribution < 1.29 is 4.52 Å². The van der Waals surface area contributed by atoms with E-state index in [4.69, 9.17) is 4.52 Å². The largest absolute Gasteiger partial charge is 0.332 e. The molecule has 0 saturated carbocycles. The number of fused-ring (bicyclic) bond motifs is 1. The van der Waals surface area contributed by atoms with E-state index >= 15 is 0 Å². The monoisotopic (exact) mass is 444 g/mol. The first-order chi connectivity index (χ1) is 14.2. The summed E-state index contributed by atoms with van der Waals surface area (Å²) in [5.74, 6) is 0.718. The molecule has 0 unspecified atom stereocenters. The molecule has 0 saturated heterocycles. The molecule has 0 amide bonds. The third kappa shape index (κ3) is 3.15. The van der Waals surface area contributed by atoms with E-state index in [9.17, 15) is 4.79 Å². The average Bonchev–Trinajstić information content (AvgIpc) is 3.25. The van der Waals surface area contributed by atoms with Crippen molar-refractivity contribution in [2.45, 2.75) is 0 Å². The zero-order valence-electron chi connectivity index (χ0n) is 15.0. The third-order valence-electron chi connectivity index (χ3n) is 4.52. The number of halogens is 1. The van der Waals surface area contributed by atoms with Crippen molar-refractivity contribution in [3.63, 3.8) is 0 Å². The fourth-order valence-electron chi connectivity index (χ4n) is 3.15. The molecule has 0 N–H and O–H groups in total. The zero-order valence-corrected chi connectivity index (χ0v) is 16.6. The maximum absolute atomic E-state index is 13.1. The minimum Gasteiger partial charge on any atom is -0.332 e.